The number of imidazole rings is 1. The predicted molar refractivity (Wildman–Crippen MR) is 154 cm³/mol. The molecule has 0 bridgehead atoms. The lowest BCUT2D eigenvalue weighted by Gasteiger charge is -2.33. The molecule has 13 heteroatoms. The van der Waals surface area contributed by atoms with Gasteiger partial charge in [0.1, 0.15) is 22.7 Å². The van der Waals surface area contributed by atoms with Crippen molar-refractivity contribution in [3.8, 4) is 11.5 Å². The Kier molecular flexibility index (Phi) is 6.83. The second kappa shape index (κ2) is 10.7. The molecule has 0 aliphatic carbocycles. The molecule has 2 atom stereocenters. The molecule has 2 saturated heterocycles. The lowest BCUT2D eigenvalue weighted by Crippen LogP contribution is -2.35. The third kappa shape index (κ3) is 4.89. The molecule has 0 spiro atoms. The van der Waals surface area contributed by atoms with Crippen LogP contribution < -0.4 is 15.2 Å². The molecule has 2 unspecified atom stereocenters. The average Bonchev–Trinajstić information content (AvgIpc) is 3.51. The van der Waals surface area contributed by atoms with Crippen LogP contribution in [-0.2, 0) is 23.6 Å². The minimum absolute atomic E-state index is 0.101. The zero-order chi connectivity index (χ0) is 28.8. The molecule has 0 saturated carbocycles. The second-order valence-corrected chi connectivity index (χ2v) is 11.5. The maximum absolute atomic E-state index is 9.06. The number of hydrogen-bond acceptors (Lipinski definition) is 10. The molecule has 0 amide bonds. The van der Waals surface area contributed by atoms with Crippen LogP contribution in [0.25, 0.3) is 11.2 Å². The molecule has 3 N–H and O–H groups in total. The Balaban J connectivity index is 1.07. The van der Waals surface area contributed by atoms with Gasteiger partial charge in [-0.15, -0.1) is 10.2 Å². The molecule has 3 aliphatic heterocycles. The number of hydrogen-bond donors (Lipinski definition) is 2. The number of aromatic nitrogens is 5. The third-order valence-corrected chi connectivity index (χ3v) is 8.54. The molecule has 218 valence electrons. The maximum atomic E-state index is 9.06. The Morgan fingerprint density at radius 2 is 2.00 bits per heavy atom. The van der Waals surface area contributed by atoms with Gasteiger partial charge in [0.15, 0.2) is 23.0 Å². The van der Waals surface area contributed by atoms with E-state index in [0.29, 0.717) is 40.9 Å². The Bertz CT molecular complexity index is 1650. The van der Waals surface area contributed by atoms with E-state index in [1.165, 1.54) is 0 Å². The number of fused-ring (bicyclic) bond motifs is 2. The van der Waals surface area contributed by atoms with Crippen LogP contribution in [-0.4, -0.2) is 66.5 Å². The van der Waals surface area contributed by atoms with E-state index < -0.39 is 5.79 Å². The van der Waals surface area contributed by atoms with Crippen LogP contribution in [0.1, 0.15) is 54.9 Å². The molecule has 42 heavy (non-hydrogen) atoms. The molecule has 3 aliphatic rings. The summed E-state index contributed by atoms with van der Waals surface area (Å²) in [5.74, 6) is 1.64. The fraction of sp³-hybridized carbons (Fsp3) is 0.414. The minimum atomic E-state index is -1.01. The molecule has 3 aromatic heterocycles. The molecule has 2 fully saturated rings. The first-order chi connectivity index (χ1) is 20.4. The van der Waals surface area contributed by atoms with Gasteiger partial charge in [-0.25, -0.2) is 4.98 Å². The normalized spacial score (nSPS) is 22.9. The Morgan fingerprint density at radius 3 is 2.71 bits per heavy atom. The monoisotopic (exact) mass is 590 g/mol. The summed E-state index contributed by atoms with van der Waals surface area (Å²) in [4.78, 5) is 11.7. The average molecular weight is 591 g/mol. The number of oxime groups is 1. The van der Waals surface area contributed by atoms with Gasteiger partial charge in [0.25, 0.3) is 5.79 Å². The standard InChI is InChI=1S/C29H31ClN8O4/c1-29(24-6-5-18(30)14-32-24)41-23-4-2-3-20(26(23)42-29)17-7-10-37(11-8-17)16-25-33-22-13-21(27(31)36-39)34-35-28(22)38(25)15-19-9-12-40-19/h2-6,13-14,17,19,39H,7-12,15-16H2,1H3,(H2,31,36). The maximum Gasteiger partial charge on any atom is 0.292 e. The van der Waals surface area contributed by atoms with Gasteiger partial charge in [0.05, 0.1) is 24.2 Å². The van der Waals surface area contributed by atoms with Gasteiger partial charge in [-0.2, -0.15) is 0 Å². The van der Waals surface area contributed by atoms with Crippen LogP contribution in [0.15, 0.2) is 47.8 Å². The number of ether oxygens (including phenoxy) is 3. The Hall–Kier alpha value is -4.00. The molecule has 1 aromatic carbocycles. The number of halogens is 1. The van der Waals surface area contributed by atoms with Crippen LogP contribution in [0.2, 0.25) is 5.02 Å². The van der Waals surface area contributed by atoms with E-state index in [1.54, 1.807) is 18.3 Å². The van der Waals surface area contributed by atoms with Gasteiger partial charge in [-0.1, -0.05) is 28.9 Å². The van der Waals surface area contributed by atoms with Gasteiger partial charge in [0, 0.05) is 25.3 Å². The van der Waals surface area contributed by atoms with Crippen LogP contribution in [0.5, 0.6) is 11.5 Å². The quantitative estimate of drug-likeness (QED) is 0.141. The molecular formula is C29H31ClN8O4. The summed E-state index contributed by atoms with van der Waals surface area (Å²) in [6, 6.07) is 11.4. The van der Waals surface area contributed by atoms with Crippen molar-refractivity contribution >= 4 is 28.6 Å². The van der Waals surface area contributed by atoms with E-state index in [-0.39, 0.29) is 17.6 Å². The molecule has 0 radical (unpaired) electrons. The van der Waals surface area contributed by atoms with Gasteiger partial charge < -0.3 is 29.7 Å². The molecule has 7 rings (SSSR count). The van der Waals surface area contributed by atoms with Crippen molar-refractivity contribution in [2.45, 2.75) is 57.1 Å². The van der Waals surface area contributed by atoms with Crippen LogP contribution in [0, 0.1) is 0 Å². The van der Waals surface area contributed by atoms with Gasteiger partial charge >= 0.3 is 0 Å². The first-order valence-corrected chi connectivity index (χ1v) is 14.5. The summed E-state index contributed by atoms with van der Waals surface area (Å²) in [5, 5.41) is 21.2. The zero-order valence-electron chi connectivity index (χ0n) is 23.1. The van der Waals surface area contributed by atoms with E-state index in [2.05, 4.69) is 35.9 Å². The van der Waals surface area contributed by atoms with Crippen molar-refractivity contribution in [1.29, 1.82) is 0 Å². The highest BCUT2D eigenvalue weighted by molar-refractivity contribution is 6.30. The van der Waals surface area contributed by atoms with Crippen LogP contribution in [0.3, 0.4) is 0 Å². The molecule has 12 nitrogen and oxygen atoms in total. The minimum Gasteiger partial charge on any atom is -0.443 e. The topological polar surface area (TPSA) is 146 Å². The molecular weight excluding hydrogens is 560 g/mol. The van der Waals surface area contributed by atoms with E-state index >= 15 is 0 Å². The highest BCUT2D eigenvalue weighted by atomic mass is 35.5. The first-order valence-electron chi connectivity index (χ1n) is 14.1. The van der Waals surface area contributed by atoms with E-state index in [1.807, 2.05) is 25.1 Å². The smallest absolute Gasteiger partial charge is 0.292 e. The largest absolute Gasteiger partial charge is 0.443 e. The van der Waals surface area contributed by atoms with Gasteiger partial charge in [-0.3, -0.25) is 9.88 Å². The highest BCUT2D eigenvalue weighted by Gasteiger charge is 2.42. The van der Waals surface area contributed by atoms with Gasteiger partial charge in [0.2, 0.25) is 0 Å². The zero-order valence-corrected chi connectivity index (χ0v) is 23.9. The third-order valence-electron chi connectivity index (χ3n) is 8.32. The summed E-state index contributed by atoms with van der Waals surface area (Å²) in [6.07, 6.45) is 4.67. The van der Waals surface area contributed by atoms with Crippen LogP contribution >= 0.6 is 11.6 Å². The number of amidine groups is 1. The van der Waals surface area contributed by atoms with Crippen molar-refractivity contribution in [3.63, 3.8) is 0 Å². The van der Waals surface area contributed by atoms with E-state index in [4.69, 9.17) is 41.7 Å². The fourth-order valence-electron chi connectivity index (χ4n) is 5.91. The Morgan fingerprint density at radius 1 is 1.17 bits per heavy atom. The summed E-state index contributed by atoms with van der Waals surface area (Å²) >= 11 is 6.04. The summed E-state index contributed by atoms with van der Waals surface area (Å²) in [6.45, 7) is 5.78. The van der Waals surface area contributed by atoms with Crippen molar-refractivity contribution in [3.05, 3.63) is 70.4 Å². The number of rotatable bonds is 7. The fourth-order valence-corrected chi connectivity index (χ4v) is 6.02. The number of pyridine rings is 1. The number of benzene rings is 1. The summed E-state index contributed by atoms with van der Waals surface area (Å²) in [5.41, 5.74) is 9.18. The molecule has 4 aromatic rings. The SMILES string of the molecule is CC1(c2ccc(Cl)cn2)Oc2cccc(C3CCN(Cc4nc5cc(C(N)=NO)nnc5n4CC4CCO4)CC3)c2O1. The number of nitrogens with two attached hydrogens (primary N) is 1. The lowest BCUT2D eigenvalue weighted by atomic mass is 9.88. The van der Waals surface area contributed by atoms with E-state index in [0.717, 1.165) is 61.8 Å². The number of para-hydroxylation sites is 1. The van der Waals surface area contributed by atoms with Crippen molar-refractivity contribution in [2.75, 3.05) is 19.7 Å². The van der Waals surface area contributed by atoms with Gasteiger partial charge in [-0.05, 0) is 62.5 Å². The molecule has 6 heterocycles. The summed E-state index contributed by atoms with van der Waals surface area (Å²) < 4.78 is 20.5. The van der Waals surface area contributed by atoms with Crippen molar-refractivity contribution in [2.24, 2.45) is 10.9 Å². The number of nitrogens with zero attached hydrogens (tertiary/aromatic N) is 7. The summed E-state index contributed by atoms with van der Waals surface area (Å²) in [7, 11) is 0. The van der Waals surface area contributed by atoms with Crippen molar-refractivity contribution < 1.29 is 19.4 Å². The lowest BCUT2D eigenvalue weighted by molar-refractivity contribution is -0.0722. The number of piperidine rings is 1. The van der Waals surface area contributed by atoms with E-state index in [9.17, 15) is 0 Å². The second-order valence-electron chi connectivity index (χ2n) is 11.1. The number of likely N-dealkylation sites (tertiary alicyclic amines) is 1. The predicted octanol–water partition coefficient (Wildman–Crippen LogP) is 3.78. The van der Waals surface area contributed by atoms with Crippen molar-refractivity contribution in [1.82, 2.24) is 29.6 Å². The Labute approximate surface area is 247 Å². The highest BCUT2D eigenvalue weighted by Crippen LogP contribution is 2.49. The van der Waals surface area contributed by atoms with Crippen LogP contribution in [0.4, 0.5) is 0 Å². The first kappa shape index (κ1) is 26.9.